The molecule has 5 heteroatoms. The molecule has 3 N–H and O–H groups in total. The van der Waals surface area contributed by atoms with Crippen LogP contribution in [0.25, 0.3) is 0 Å². The molecule has 0 radical (unpaired) electrons. The summed E-state index contributed by atoms with van der Waals surface area (Å²) in [6, 6.07) is 7.49. The van der Waals surface area contributed by atoms with E-state index in [1.165, 1.54) is 7.11 Å². The largest absolute Gasteiger partial charge is 0.467 e. The van der Waals surface area contributed by atoms with Crippen molar-refractivity contribution >= 4 is 11.9 Å². The van der Waals surface area contributed by atoms with Crippen molar-refractivity contribution in [3.63, 3.8) is 0 Å². The van der Waals surface area contributed by atoms with Crippen LogP contribution < -0.4 is 11.1 Å². The lowest BCUT2D eigenvalue weighted by Gasteiger charge is -2.20. The molecule has 1 rings (SSSR count). The van der Waals surface area contributed by atoms with E-state index in [4.69, 9.17) is 10.5 Å². The summed E-state index contributed by atoms with van der Waals surface area (Å²) in [5.41, 5.74) is 6.49. The molecule has 0 aromatic heterocycles. The smallest absolute Gasteiger partial charge is 0.333 e. The molecule has 1 unspecified atom stereocenters. The minimum Gasteiger partial charge on any atom is -0.467 e. The van der Waals surface area contributed by atoms with Crippen LogP contribution in [0.3, 0.4) is 0 Å². The number of carbonyl (C=O) groups is 2. The number of hydrogen-bond donors (Lipinski definition) is 2. The van der Waals surface area contributed by atoms with Gasteiger partial charge in [-0.15, -0.1) is 0 Å². The number of rotatable bonds is 6. The van der Waals surface area contributed by atoms with Gasteiger partial charge in [0.05, 0.1) is 13.2 Å². The molecule has 110 valence electrons. The Morgan fingerprint density at radius 1 is 1.25 bits per heavy atom. The van der Waals surface area contributed by atoms with E-state index in [1.807, 2.05) is 19.9 Å². The van der Waals surface area contributed by atoms with Crippen molar-refractivity contribution in [3.05, 3.63) is 35.9 Å². The lowest BCUT2D eigenvalue weighted by molar-refractivity contribution is -0.145. The van der Waals surface area contributed by atoms with Crippen LogP contribution in [0.15, 0.2) is 30.3 Å². The molecule has 1 aromatic rings. The number of benzene rings is 1. The van der Waals surface area contributed by atoms with Gasteiger partial charge in [-0.3, -0.25) is 4.79 Å². The van der Waals surface area contributed by atoms with E-state index in [0.717, 1.165) is 0 Å². The van der Waals surface area contributed by atoms with Crippen molar-refractivity contribution in [1.82, 2.24) is 5.32 Å². The maximum atomic E-state index is 12.0. The van der Waals surface area contributed by atoms with Crippen molar-refractivity contribution in [3.8, 4) is 0 Å². The molecule has 0 fully saturated rings. The fourth-order valence-corrected chi connectivity index (χ4v) is 1.91. The number of esters is 1. The Balaban J connectivity index is 2.81. The van der Waals surface area contributed by atoms with Crippen molar-refractivity contribution in [2.24, 2.45) is 11.7 Å². The highest BCUT2D eigenvalue weighted by Crippen LogP contribution is 2.15. The maximum absolute atomic E-state index is 12.0. The highest BCUT2D eigenvalue weighted by atomic mass is 16.5. The van der Waals surface area contributed by atoms with Crippen LogP contribution in [0.4, 0.5) is 0 Å². The van der Waals surface area contributed by atoms with Gasteiger partial charge in [0, 0.05) is 0 Å². The molecule has 0 saturated heterocycles. The van der Waals surface area contributed by atoms with E-state index in [1.54, 1.807) is 24.3 Å². The van der Waals surface area contributed by atoms with Gasteiger partial charge in [0.2, 0.25) is 5.91 Å². The van der Waals surface area contributed by atoms with Crippen molar-refractivity contribution < 1.29 is 14.3 Å². The van der Waals surface area contributed by atoms with Gasteiger partial charge >= 0.3 is 5.97 Å². The third-order valence-electron chi connectivity index (χ3n) is 2.92. The molecule has 2 atom stereocenters. The molecular formula is C15H22N2O3. The number of ether oxygens (including phenoxy) is 1. The van der Waals surface area contributed by atoms with Crippen LogP contribution >= 0.6 is 0 Å². The molecule has 20 heavy (non-hydrogen) atoms. The van der Waals surface area contributed by atoms with E-state index in [9.17, 15) is 9.59 Å². The topological polar surface area (TPSA) is 81.4 Å². The summed E-state index contributed by atoms with van der Waals surface area (Å²) in [4.78, 5) is 23.9. The van der Waals surface area contributed by atoms with E-state index in [-0.39, 0.29) is 5.91 Å². The minimum atomic E-state index is -0.827. The third kappa shape index (κ3) is 4.66. The summed E-state index contributed by atoms with van der Waals surface area (Å²) in [5, 5.41) is 2.65. The number of carbonyl (C=O) groups excluding carboxylic acids is 2. The van der Waals surface area contributed by atoms with Crippen molar-refractivity contribution in [1.29, 1.82) is 0 Å². The second-order valence-corrected chi connectivity index (χ2v) is 5.11. The van der Waals surface area contributed by atoms with E-state index < -0.39 is 18.1 Å². The Morgan fingerprint density at radius 3 is 2.35 bits per heavy atom. The summed E-state index contributed by atoms with van der Waals surface area (Å²) >= 11 is 0. The van der Waals surface area contributed by atoms with Gasteiger partial charge in [-0.05, 0) is 17.9 Å². The van der Waals surface area contributed by atoms with Crippen molar-refractivity contribution in [2.75, 3.05) is 7.11 Å². The standard InChI is InChI=1S/C15H22N2O3/c1-10(2)9-12(16)14(18)17-13(15(19)20-3)11-7-5-4-6-8-11/h4-8,10,12-13H,9,16H2,1-3H3,(H,17,18)/t12-,13?/m0/s1. The van der Waals surface area contributed by atoms with Crippen molar-refractivity contribution in [2.45, 2.75) is 32.4 Å². The van der Waals surface area contributed by atoms with Gasteiger partial charge in [-0.2, -0.15) is 0 Å². The van der Waals surface area contributed by atoms with Gasteiger partial charge in [-0.25, -0.2) is 4.79 Å². The molecule has 0 aliphatic heterocycles. The van der Waals surface area contributed by atoms with Gasteiger partial charge in [0.15, 0.2) is 6.04 Å². The summed E-state index contributed by atoms with van der Waals surface area (Å²) in [7, 11) is 1.29. The van der Waals surface area contributed by atoms with Crippen LogP contribution in [0.2, 0.25) is 0 Å². The van der Waals surface area contributed by atoms with Crippen LogP contribution in [0.5, 0.6) is 0 Å². The number of amides is 1. The lowest BCUT2D eigenvalue weighted by atomic mass is 10.0. The summed E-state index contributed by atoms with van der Waals surface area (Å²) < 4.78 is 4.73. The predicted octanol–water partition coefficient (Wildman–Crippen LogP) is 1.39. The Labute approximate surface area is 119 Å². The molecule has 0 bridgehead atoms. The normalized spacial score (nSPS) is 13.7. The summed E-state index contributed by atoms with van der Waals surface area (Å²) in [5.74, 6) is -0.552. The fourth-order valence-electron chi connectivity index (χ4n) is 1.91. The zero-order valence-electron chi connectivity index (χ0n) is 12.1. The Kier molecular flexibility index (Phi) is 6.18. The molecule has 1 amide bonds. The molecular weight excluding hydrogens is 256 g/mol. The van der Waals surface area contributed by atoms with E-state index in [2.05, 4.69) is 5.32 Å². The molecule has 5 nitrogen and oxygen atoms in total. The van der Waals surface area contributed by atoms with E-state index in [0.29, 0.717) is 17.9 Å². The van der Waals surface area contributed by atoms with Crippen LogP contribution in [-0.2, 0) is 14.3 Å². The minimum absolute atomic E-state index is 0.309. The molecule has 0 spiro atoms. The highest BCUT2D eigenvalue weighted by Gasteiger charge is 2.26. The van der Waals surface area contributed by atoms with Gasteiger partial charge in [0.25, 0.3) is 0 Å². The van der Waals surface area contributed by atoms with Gasteiger partial charge in [-0.1, -0.05) is 44.2 Å². The summed E-state index contributed by atoms with van der Waals surface area (Å²) in [6.45, 7) is 3.98. The SMILES string of the molecule is COC(=O)C(NC(=O)[C@@H](N)CC(C)C)c1ccccc1. The summed E-state index contributed by atoms with van der Waals surface area (Å²) in [6.07, 6.45) is 0.564. The molecule has 0 aliphatic rings. The van der Waals surface area contributed by atoms with Crippen LogP contribution in [0, 0.1) is 5.92 Å². The Bertz CT molecular complexity index is 446. The van der Waals surface area contributed by atoms with Crippen LogP contribution in [0.1, 0.15) is 31.9 Å². The number of nitrogens with one attached hydrogen (secondary N) is 1. The fraction of sp³-hybridized carbons (Fsp3) is 0.467. The van der Waals surface area contributed by atoms with Crippen LogP contribution in [-0.4, -0.2) is 25.0 Å². The van der Waals surface area contributed by atoms with E-state index >= 15 is 0 Å². The second-order valence-electron chi connectivity index (χ2n) is 5.11. The first-order valence-electron chi connectivity index (χ1n) is 6.64. The molecule has 0 saturated carbocycles. The number of methoxy groups -OCH3 is 1. The Morgan fingerprint density at radius 2 is 1.85 bits per heavy atom. The quantitative estimate of drug-likeness (QED) is 0.770. The maximum Gasteiger partial charge on any atom is 0.333 e. The number of hydrogen-bond acceptors (Lipinski definition) is 4. The molecule has 1 aromatic carbocycles. The third-order valence-corrected chi connectivity index (χ3v) is 2.92. The molecule has 0 aliphatic carbocycles. The second kappa shape index (κ2) is 7.65. The average molecular weight is 278 g/mol. The zero-order valence-corrected chi connectivity index (χ0v) is 12.1. The monoisotopic (exact) mass is 278 g/mol. The first-order chi connectivity index (χ1) is 9.45. The molecule has 0 heterocycles. The first kappa shape index (κ1) is 16.2. The Hall–Kier alpha value is -1.88. The lowest BCUT2D eigenvalue weighted by Crippen LogP contribution is -2.45. The average Bonchev–Trinajstić information content (AvgIpc) is 2.43. The first-order valence-corrected chi connectivity index (χ1v) is 6.64. The van der Waals surface area contributed by atoms with Gasteiger partial charge in [0.1, 0.15) is 0 Å². The zero-order chi connectivity index (χ0) is 15.1. The highest BCUT2D eigenvalue weighted by molar-refractivity contribution is 5.88. The number of nitrogens with two attached hydrogens (primary N) is 1. The predicted molar refractivity (Wildman–Crippen MR) is 76.8 cm³/mol. The van der Waals surface area contributed by atoms with Gasteiger partial charge < -0.3 is 15.8 Å².